The number of methoxy groups -OCH3 is 1. The van der Waals surface area contributed by atoms with Crippen LogP contribution in [0.4, 0.5) is 5.13 Å². The average molecular weight is 344 g/mol. The summed E-state index contributed by atoms with van der Waals surface area (Å²) in [6.45, 7) is 3.36. The monoisotopic (exact) mass is 344 g/mol. The molecule has 1 aromatic carbocycles. The summed E-state index contributed by atoms with van der Waals surface area (Å²) in [6.07, 6.45) is 2.39. The third kappa shape index (κ3) is 4.39. The summed E-state index contributed by atoms with van der Waals surface area (Å²) >= 11 is 1.40. The third-order valence-corrected chi connectivity index (χ3v) is 4.47. The van der Waals surface area contributed by atoms with Gasteiger partial charge in [-0.1, -0.05) is 35.5 Å². The molecule has 126 valence electrons. The standard InChI is InChI=1S/C17H20N4O2S/c1-13(22-2)11-21(12-15-8-9-23-19-15)17-18-16(20-24-17)10-14-6-4-3-5-7-14/h3-9,13H,10-12H2,1-2H3. The van der Waals surface area contributed by atoms with Crippen molar-refractivity contribution in [2.24, 2.45) is 0 Å². The summed E-state index contributed by atoms with van der Waals surface area (Å²) < 4.78 is 14.8. The molecule has 0 aliphatic carbocycles. The van der Waals surface area contributed by atoms with Crippen molar-refractivity contribution in [3.8, 4) is 0 Å². The smallest absolute Gasteiger partial charge is 0.205 e. The molecule has 0 fully saturated rings. The van der Waals surface area contributed by atoms with Crippen molar-refractivity contribution >= 4 is 16.7 Å². The Kier molecular flexibility index (Phi) is 5.55. The Balaban J connectivity index is 1.74. The van der Waals surface area contributed by atoms with Crippen molar-refractivity contribution in [1.29, 1.82) is 0 Å². The van der Waals surface area contributed by atoms with E-state index < -0.39 is 0 Å². The number of ether oxygens (including phenoxy) is 1. The first kappa shape index (κ1) is 16.6. The van der Waals surface area contributed by atoms with Crippen LogP contribution in [0.5, 0.6) is 0 Å². The van der Waals surface area contributed by atoms with E-state index in [1.54, 1.807) is 13.4 Å². The van der Waals surface area contributed by atoms with Crippen LogP contribution in [0.3, 0.4) is 0 Å². The molecule has 2 heterocycles. The van der Waals surface area contributed by atoms with Crippen molar-refractivity contribution in [2.45, 2.75) is 26.0 Å². The van der Waals surface area contributed by atoms with Crippen LogP contribution in [0, 0.1) is 0 Å². The second kappa shape index (κ2) is 8.03. The number of anilines is 1. The second-order valence-electron chi connectivity index (χ2n) is 5.57. The van der Waals surface area contributed by atoms with Gasteiger partial charge in [-0.3, -0.25) is 0 Å². The molecule has 3 rings (SSSR count). The Labute approximate surface area is 145 Å². The lowest BCUT2D eigenvalue weighted by molar-refractivity contribution is 0.123. The first-order valence-electron chi connectivity index (χ1n) is 7.78. The molecule has 6 nitrogen and oxygen atoms in total. The van der Waals surface area contributed by atoms with Gasteiger partial charge in [0.15, 0.2) is 0 Å². The quantitative estimate of drug-likeness (QED) is 0.625. The molecule has 0 bridgehead atoms. The van der Waals surface area contributed by atoms with Crippen LogP contribution < -0.4 is 4.90 Å². The van der Waals surface area contributed by atoms with E-state index in [1.165, 1.54) is 17.1 Å². The Morgan fingerprint density at radius 2 is 2.08 bits per heavy atom. The van der Waals surface area contributed by atoms with Crippen molar-refractivity contribution in [3.63, 3.8) is 0 Å². The van der Waals surface area contributed by atoms with Crippen LogP contribution in [0.1, 0.15) is 24.0 Å². The summed E-state index contributed by atoms with van der Waals surface area (Å²) in [5.74, 6) is 0.830. The zero-order valence-corrected chi connectivity index (χ0v) is 14.6. The fourth-order valence-electron chi connectivity index (χ4n) is 2.33. The Morgan fingerprint density at radius 3 is 2.79 bits per heavy atom. The largest absolute Gasteiger partial charge is 0.380 e. The fraction of sp³-hybridized carbons (Fsp3) is 0.353. The molecule has 0 saturated heterocycles. The van der Waals surface area contributed by atoms with E-state index >= 15 is 0 Å². The van der Waals surface area contributed by atoms with Crippen LogP contribution in [0.2, 0.25) is 0 Å². The molecule has 0 N–H and O–H groups in total. The van der Waals surface area contributed by atoms with Gasteiger partial charge >= 0.3 is 0 Å². The van der Waals surface area contributed by atoms with Gasteiger partial charge in [0.2, 0.25) is 5.13 Å². The van der Waals surface area contributed by atoms with Crippen molar-refractivity contribution < 1.29 is 9.26 Å². The maximum Gasteiger partial charge on any atom is 0.205 e. The lowest BCUT2D eigenvalue weighted by atomic mass is 10.1. The topological polar surface area (TPSA) is 64.3 Å². The van der Waals surface area contributed by atoms with Crippen LogP contribution in [-0.2, 0) is 17.7 Å². The van der Waals surface area contributed by atoms with E-state index in [0.717, 1.165) is 23.1 Å². The SMILES string of the molecule is COC(C)CN(Cc1ccon1)c1nc(Cc2ccccc2)ns1. The summed E-state index contributed by atoms with van der Waals surface area (Å²) in [4.78, 5) is 6.82. The van der Waals surface area contributed by atoms with E-state index in [2.05, 4.69) is 26.6 Å². The number of hydrogen-bond donors (Lipinski definition) is 0. The molecular formula is C17H20N4O2S. The minimum absolute atomic E-state index is 0.0818. The summed E-state index contributed by atoms with van der Waals surface area (Å²) in [6, 6.07) is 12.1. The first-order valence-corrected chi connectivity index (χ1v) is 8.55. The predicted octanol–water partition coefficient (Wildman–Crippen LogP) is 3.16. The molecule has 0 amide bonds. The fourth-order valence-corrected chi connectivity index (χ4v) is 3.03. The molecule has 1 atom stereocenters. The maximum absolute atomic E-state index is 5.39. The van der Waals surface area contributed by atoms with Crippen molar-refractivity contribution in [3.05, 3.63) is 59.7 Å². The van der Waals surface area contributed by atoms with Gasteiger partial charge in [-0.25, -0.2) is 4.98 Å². The molecule has 3 aromatic rings. The zero-order valence-electron chi connectivity index (χ0n) is 13.8. The summed E-state index contributed by atoms with van der Waals surface area (Å²) in [5, 5.41) is 4.86. The third-order valence-electron chi connectivity index (χ3n) is 3.66. The predicted molar refractivity (Wildman–Crippen MR) is 93.2 cm³/mol. The zero-order chi connectivity index (χ0) is 16.8. The number of hydrogen-bond acceptors (Lipinski definition) is 7. The average Bonchev–Trinajstić information content (AvgIpc) is 3.27. The van der Waals surface area contributed by atoms with Crippen molar-refractivity contribution in [1.82, 2.24) is 14.5 Å². The van der Waals surface area contributed by atoms with E-state index in [4.69, 9.17) is 14.2 Å². The Morgan fingerprint density at radius 1 is 1.25 bits per heavy atom. The van der Waals surface area contributed by atoms with E-state index in [-0.39, 0.29) is 6.10 Å². The Bertz CT molecular complexity index is 730. The highest BCUT2D eigenvalue weighted by Crippen LogP contribution is 2.21. The number of nitrogens with zero attached hydrogens (tertiary/aromatic N) is 4. The number of rotatable bonds is 8. The van der Waals surface area contributed by atoms with Gasteiger partial charge in [0.05, 0.1) is 12.6 Å². The minimum Gasteiger partial charge on any atom is -0.380 e. The molecule has 0 saturated carbocycles. The van der Waals surface area contributed by atoms with Crippen LogP contribution in [-0.4, -0.2) is 34.3 Å². The van der Waals surface area contributed by atoms with E-state index in [9.17, 15) is 0 Å². The lowest BCUT2D eigenvalue weighted by Crippen LogP contribution is -2.31. The van der Waals surface area contributed by atoms with Gasteiger partial charge < -0.3 is 14.2 Å². The molecule has 0 spiro atoms. The first-order chi connectivity index (χ1) is 11.7. The molecule has 1 unspecified atom stereocenters. The molecule has 24 heavy (non-hydrogen) atoms. The number of aromatic nitrogens is 3. The van der Waals surface area contributed by atoms with E-state index in [1.807, 2.05) is 31.2 Å². The summed E-state index contributed by atoms with van der Waals surface area (Å²) in [5.41, 5.74) is 2.06. The molecule has 0 aliphatic heterocycles. The maximum atomic E-state index is 5.39. The minimum atomic E-state index is 0.0818. The second-order valence-corrected chi connectivity index (χ2v) is 6.30. The van der Waals surface area contributed by atoms with Gasteiger partial charge in [0, 0.05) is 37.7 Å². The highest BCUT2D eigenvalue weighted by atomic mass is 32.1. The van der Waals surface area contributed by atoms with E-state index in [0.29, 0.717) is 13.1 Å². The van der Waals surface area contributed by atoms with Gasteiger partial charge in [-0.15, -0.1) is 0 Å². The van der Waals surface area contributed by atoms with Crippen LogP contribution in [0.15, 0.2) is 47.2 Å². The molecule has 0 aliphatic rings. The van der Waals surface area contributed by atoms with Gasteiger partial charge in [-0.05, 0) is 12.5 Å². The Hall–Kier alpha value is -2.25. The lowest BCUT2D eigenvalue weighted by Gasteiger charge is -2.23. The molecular weight excluding hydrogens is 324 g/mol. The summed E-state index contributed by atoms with van der Waals surface area (Å²) in [7, 11) is 1.71. The number of benzene rings is 1. The van der Waals surface area contributed by atoms with Crippen molar-refractivity contribution in [2.75, 3.05) is 18.6 Å². The highest BCUT2D eigenvalue weighted by Gasteiger charge is 2.17. The van der Waals surface area contributed by atoms with Crippen LogP contribution in [0.25, 0.3) is 0 Å². The van der Waals surface area contributed by atoms with Gasteiger partial charge in [0.1, 0.15) is 17.8 Å². The normalized spacial score (nSPS) is 12.2. The molecule has 7 heteroatoms. The van der Waals surface area contributed by atoms with Gasteiger partial charge in [-0.2, -0.15) is 4.37 Å². The van der Waals surface area contributed by atoms with Crippen LogP contribution >= 0.6 is 11.5 Å². The molecule has 2 aromatic heterocycles. The molecule has 0 radical (unpaired) electrons. The van der Waals surface area contributed by atoms with Gasteiger partial charge in [0.25, 0.3) is 0 Å². The highest BCUT2D eigenvalue weighted by molar-refractivity contribution is 7.09.